The van der Waals surface area contributed by atoms with E-state index in [-0.39, 0.29) is 31.4 Å². The lowest BCUT2D eigenvalue weighted by molar-refractivity contribution is -0.128. The summed E-state index contributed by atoms with van der Waals surface area (Å²) in [7, 11) is 0. The third-order valence-corrected chi connectivity index (χ3v) is 3.90. The highest BCUT2D eigenvalue weighted by Gasteiger charge is 2.18. The average Bonchev–Trinajstić information content (AvgIpc) is 2.44. The number of hydrogen-bond donors (Lipinski definition) is 3. The molecule has 0 saturated heterocycles. The van der Waals surface area contributed by atoms with Gasteiger partial charge in [0.1, 0.15) is 6.04 Å². The first-order valence-corrected chi connectivity index (χ1v) is 8.06. The molecule has 0 heterocycles. The molecule has 0 aliphatic carbocycles. The zero-order chi connectivity index (χ0) is 15.8. The smallest absolute Gasteiger partial charge is 0.242 e. The Morgan fingerprint density at radius 2 is 2.14 bits per heavy atom. The molecule has 1 aromatic carbocycles. The first kappa shape index (κ1) is 17.8. The minimum Gasteiger partial charge on any atom is -0.396 e. The van der Waals surface area contributed by atoms with Gasteiger partial charge in [-0.15, -0.1) is 11.8 Å². The Balaban J connectivity index is 2.63. The van der Waals surface area contributed by atoms with E-state index < -0.39 is 6.04 Å². The van der Waals surface area contributed by atoms with Gasteiger partial charge in [0.05, 0.1) is 0 Å². The first-order valence-electron chi connectivity index (χ1n) is 6.46. The Morgan fingerprint density at radius 3 is 2.67 bits per heavy atom. The van der Waals surface area contributed by atoms with Crippen LogP contribution in [0.4, 0.5) is 0 Å². The maximum Gasteiger partial charge on any atom is 0.242 e. The van der Waals surface area contributed by atoms with Crippen molar-refractivity contribution in [3.05, 3.63) is 28.8 Å². The number of aliphatic hydroxyl groups is 1. The molecular weight excluding hydrogens is 312 g/mol. The van der Waals surface area contributed by atoms with Crippen LogP contribution in [0.1, 0.15) is 18.9 Å². The SMILES string of the molecule is CSc1ccc(CNC(=O)C(CCO)NC(C)=O)c(Cl)c1. The van der Waals surface area contributed by atoms with E-state index >= 15 is 0 Å². The van der Waals surface area contributed by atoms with Crippen molar-refractivity contribution in [3.8, 4) is 0 Å². The molecule has 5 nitrogen and oxygen atoms in total. The largest absolute Gasteiger partial charge is 0.396 e. The Hall–Kier alpha value is -1.24. The van der Waals surface area contributed by atoms with Gasteiger partial charge in [0.25, 0.3) is 0 Å². The van der Waals surface area contributed by atoms with Crippen LogP contribution in [0, 0.1) is 0 Å². The molecule has 0 spiro atoms. The second kappa shape index (κ2) is 8.92. The molecule has 0 radical (unpaired) electrons. The van der Waals surface area contributed by atoms with Crippen molar-refractivity contribution in [2.45, 2.75) is 30.8 Å². The van der Waals surface area contributed by atoms with E-state index in [1.54, 1.807) is 11.8 Å². The summed E-state index contributed by atoms with van der Waals surface area (Å²) in [6.07, 6.45) is 2.13. The molecule has 3 N–H and O–H groups in total. The van der Waals surface area contributed by atoms with E-state index in [1.807, 2.05) is 24.5 Å². The van der Waals surface area contributed by atoms with Crippen LogP contribution in [0.5, 0.6) is 0 Å². The number of nitrogens with one attached hydrogen (secondary N) is 2. The van der Waals surface area contributed by atoms with Crippen LogP contribution in [0.2, 0.25) is 5.02 Å². The molecule has 7 heteroatoms. The Bertz CT molecular complexity index is 511. The molecule has 0 fully saturated rings. The average molecular weight is 331 g/mol. The van der Waals surface area contributed by atoms with E-state index in [0.717, 1.165) is 10.5 Å². The predicted octanol–water partition coefficient (Wildman–Crippen LogP) is 1.57. The van der Waals surface area contributed by atoms with Crippen LogP contribution in [0.3, 0.4) is 0 Å². The molecule has 21 heavy (non-hydrogen) atoms. The number of aliphatic hydroxyl groups excluding tert-OH is 1. The molecule has 0 aromatic heterocycles. The normalized spacial score (nSPS) is 11.8. The summed E-state index contributed by atoms with van der Waals surface area (Å²) in [5.74, 6) is -0.657. The van der Waals surface area contributed by atoms with Crippen molar-refractivity contribution >= 4 is 35.2 Å². The predicted molar refractivity (Wildman–Crippen MR) is 84.4 cm³/mol. The molecule has 1 unspecified atom stereocenters. The van der Waals surface area contributed by atoms with E-state index in [1.165, 1.54) is 6.92 Å². The van der Waals surface area contributed by atoms with Gasteiger partial charge in [-0.2, -0.15) is 0 Å². The molecule has 116 valence electrons. The first-order chi connectivity index (χ1) is 9.97. The molecule has 0 saturated carbocycles. The van der Waals surface area contributed by atoms with Crippen LogP contribution in [0.25, 0.3) is 0 Å². The van der Waals surface area contributed by atoms with Gasteiger partial charge in [0.2, 0.25) is 11.8 Å². The number of rotatable bonds is 7. The van der Waals surface area contributed by atoms with E-state index in [4.69, 9.17) is 16.7 Å². The summed E-state index contributed by atoms with van der Waals surface area (Å²) in [5.41, 5.74) is 0.799. The minimum absolute atomic E-state index is 0.171. The van der Waals surface area contributed by atoms with Gasteiger partial charge in [-0.1, -0.05) is 17.7 Å². The number of carbonyl (C=O) groups is 2. The van der Waals surface area contributed by atoms with Crippen molar-refractivity contribution in [2.24, 2.45) is 0 Å². The number of amides is 2. The molecule has 2 amide bonds. The molecule has 0 aliphatic rings. The molecule has 1 rings (SSSR count). The fourth-order valence-electron chi connectivity index (χ4n) is 1.75. The summed E-state index contributed by atoms with van der Waals surface area (Å²) in [5, 5.41) is 14.7. The summed E-state index contributed by atoms with van der Waals surface area (Å²) in [6, 6.07) is 4.88. The highest BCUT2D eigenvalue weighted by molar-refractivity contribution is 7.98. The maximum absolute atomic E-state index is 12.0. The second-order valence-electron chi connectivity index (χ2n) is 4.44. The number of benzene rings is 1. The lowest BCUT2D eigenvalue weighted by atomic mass is 10.1. The van der Waals surface area contributed by atoms with Crippen LogP contribution >= 0.6 is 23.4 Å². The quantitative estimate of drug-likeness (QED) is 0.663. The van der Waals surface area contributed by atoms with Crippen molar-refractivity contribution in [1.82, 2.24) is 10.6 Å². The second-order valence-corrected chi connectivity index (χ2v) is 5.73. The van der Waals surface area contributed by atoms with Gasteiger partial charge in [-0.05, 0) is 30.4 Å². The van der Waals surface area contributed by atoms with E-state index in [0.29, 0.717) is 5.02 Å². The monoisotopic (exact) mass is 330 g/mol. The van der Waals surface area contributed by atoms with Crippen molar-refractivity contribution < 1.29 is 14.7 Å². The molecular formula is C14H19ClN2O3S. The fraction of sp³-hybridized carbons (Fsp3) is 0.429. The van der Waals surface area contributed by atoms with Crippen LogP contribution in [-0.2, 0) is 16.1 Å². The number of halogens is 1. The Morgan fingerprint density at radius 1 is 1.43 bits per heavy atom. The van der Waals surface area contributed by atoms with E-state index in [9.17, 15) is 9.59 Å². The highest BCUT2D eigenvalue weighted by atomic mass is 35.5. The minimum atomic E-state index is -0.739. The topological polar surface area (TPSA) is 78.4 Å². The zero-order valence-electron chi connectivity index (χ0n) is 12.0. The lowest BCUT2D eigenvalue weighted by Gasteiger charge is -2.17. The van der Waals surface area contributed by atoms with Crippen LogP contribution < -0.4 is 10.6 Å². The van der Waals surface area contributed by atoms with Gasteiger partial charge in [-0.25, -0.2) is 0 Å². The number of carbonyl (C=O) groups excluding carboxylic acids is 2. The molecule has 1 atom stereocenters. The Labute approximate surface area is 133 Å². The maximum atomic E-state index is 12.0. The lowest BCUT2D eigenvalue weighted by Crippen LogP contribution is -2.46. The Kier molecular flexibility index (Phi) is 7.56. The van der Waals surface area contributed by atoms with Crippen molar-refractivity contribution in [1.29, 1.82) is 0 Å². The van der Waals surface area contributed by atoms with Gasteiger partial charge in [0, 0.05) is 30.0 Å². The summed E-state index contributed by atoms with van der Waals surface area (Å²) in [4.78, 5) is 24.1. The standard InChI is InChI=1S/C14H19ClN2O3S/c1-9(19)17-13(5-6-18)14(20)16-8-10-3-4-11(21-2)7-12(10)15/h3-4,7,13,18H,5-6,8H2,1-2H3,(H,16,20)(H,17,19). The number of thioether (sulfide) groups is 1. The molecule has 1 aromatic rings. The summed E-state index contributed by atoms with van der Waals surface area (Å²) < 4.78 is 0. The third kappa shape index (κ3) is 5.95. The summed E-state index contributed by atoms with van der Waals surface area (Å²) in [6.45, 7) is 1.42. The highest BCUT2D eigenvalue weighted by Crippen LogP contribution is 2.23. The molecule has 0 bridgehead atoms. The van der Waals surface area contributed by atoms with Crippen molar-refractivity contribution in [3.63, 3.8) is 0 Å². The molecule has 0 aliphatic heterocycles. The van der Waals surface area contributed by atoms with E-state index in [2.05, 4.69) is 10.6 Å². The number of hydrogen-bond acceptors (Lipinski definition) is 4. The zero-order valence-corrected chi connectivity index (χ0v) is 13.6. The van der Waals surface area contributed by atoms with Crippen LogP contribution in [0.15, 0.2) is 23.1 Å². The van der Waals surface area contributed by atoms with Gasteiger partial charge in [0.15, 0.2) is 0 Å². The fourth-order valence-corrected chi connectivity index (χ4v) is 2.50. The third-order valence-electron chi connectivity index (χ3n) is 2.83. The van der Waals surface area contributed by atoms with Gasteiger partial charge >= 0.3 is 0 Å². The van der Waals surface area contributed by atoms with Gasteiger partial charge < -0.3 is 15.7 Å². The van der Waals surface area contributed by atoms with Gasteiger partial charge in [-0.3, -0.25) is 9.59 Å². The van der Waals surface area contributed by atoms with Crippen molar-refractivity contribution in [2.75, 3.05) is 12.9 Å². The van der Waals surface area contributed by atoms with Crippen LogP contribution in [-0.4, -0.2) is 35.8 Å². The summed E-state index contributed by atoms with van der Waals surface area (Å²) >= 11 is 7.73.